The summed E-state index contributed by atoms with van der Waals surface area (Å²) in [5.41, 5.74) is 1.64. The minimum Gasteiger partial charge on any atom is -0.384 e. The van der Waals surface area contributed by atoms with Crippen LogP contribution < -0.4 is 5.32 Å². The fourth-order valence-electron chi connectivity index (χ4n) is 1.55. The molecular weight excluding hydrogens is 230 g/mol. The van der Waals surface area contributed by atoms with Gasteiger partial charge in [-0.3, -0.25) is 10.1 Å². The highest BCUT2D eigenvalue weighted by Gasteiger charge is 2.10. The lowest BCUT2D eigenvalue weighted by atomic mass is 10.2. The molecule has 1 aromatic carbocycles. The number of hydrogen-bond donors (Lipinski definition) is 1. The predicted octanol–water partition coefficient (Wildman–Crippen LogP) is 2.66. The van der Waals surface area contributed by atoms with Crippen molar-refractivity contribution in [3.8, 4) is 0 Å². The van der Waals surface area contributed by atoms with Gasteiger partial charge in [-0.1, -0.05) is 6.07 Å². The van der Waals surface area contributed by atoms with E-state index in [4.69, 9.17) is 0 Å². The molecule has 0 spiro atoms. The Hall–Kier alpha value is -1.62. The monoisotopic (exact) mass is 251 g/mol. The highest BCUT2D eigenvalue weighted by molar-refractivity contribution is 5.54. The summed E-state index contributed by atoms with van der Waals surface area (Å²) in [6.07, 6.45) is 0. The van der Waals surface area contributed by atoms with Crippen LogP contribution in [0.1, 0.15) is 19.4 Å². The molecule has 5 nitrogen and oxygen atoms in total. The van der Waals surface area contributed by atoms with Crippen molar-refractivity contribution in [3.63, 3.8) is 0 Å². The Balaban J connectivity index is 2.58. The fraction of sp³-hybridized carbons (Fsp3) is 0.538. The van der Waals surface area contributed by atoms with Gasteiger partial charge in [0, 0.05) is 36.4 Å². The van der Waals surface area contributed by atoms with Crippen LogP contribution in [0.3, 0.4) is 0 Å². The molecular formula is C13H21N3O2. The molecule has 0 aromatic heterocycles. The molecule has 100 valence electrons. The maximum atomic E-state index is 10.8. The van der Waals surface area contributed by atoms with Gasteiger partial charge in [0.05, 0.1) is 4.92 Å². The molecule has 0 amide bonds. The smallest absolute Gasteiger partial charge is 0.274 e. The van der Waals surface area contributed by atoms with Gasteiger partial charge in [-0.05, 0) is 33.9 Å². The first-order valence-corrected chi connectivity index (χ1v) is 6.11. The van der Waals surface area contributed by atoms with Crippen LogP contribution in [0.25, 0.3) is 0 Å². The van der Waals surface area contributed by atoms with E-state index < -0.39 is 0 Å². The van der Waals surface area contributed by atoms with E-state index in [0.717, 1.165) is 18.8 Å². The number of hydrogen-bond acceptors (Lipinski definition) is 4. The first kappa shape index (κ1) is 14.4. The van der Waals surface area contributed by atoms with Crippen molar-refractivity contribution in [1.29, 1.82) is 0 Å². The molecule has 0 aliphatic heterocycles. The van der Waals surface area contributed by atoms with Crippen LogP contribution in [0, 0.1) is 17.0 Å². The number of rotatable bonds is 6. The van der Waals surface area contributed by atoms with Crippen molar-refractivity contribution in [2.45, 2.75) is 26.8 Å². The average Bonchev–Trinajstić information content (AvgIpc) is 2.30. The summed E-state index contributed by atoms with van der Waals surface area (Å²) in [4.78, 5) is 12.7. The van der Waals surface area contributed by atoms with E-state index >= 15 is 0 Å². The van der Waals surface area contributed by atoms with Crippen LogP contribution in [0.2, 0.25) is 0 Å². The van der Waals surface area contributed by atoms with Crippen molar-refractivity contribution < 1.29 is 4.92 Å². The Labute approximate surface area is 108 Å². The van der Waals surface area contributed by atoms with E-state index in [9.17, 15) is 10.1 Å². The number of likely N-dealkylation sites (N-methyl/N-ethyl adjacent to an activating group) is 1. The Morgan fingerprint density at radius 3 is 2.67 bits per heavy atom. The number of nitro benzene ring substituents is 1. The molecule has 18 heavy (non-hydrogen) atoms. The molecule has 0 atom stereocenters. The maximum absolute atomic E-state index is 10.8. The summed E-state index contributed by atoms with van der Waals surface area (Å²) < 4.78 is 0. The average molecular weight is 251 g/mol. The molecule has 0 radical (unpaired) electrons. The van der Waals surface area contributed by atoms with Crippen LogP contribution in [0.4, 0.5) is 11.4 Å². The van der Waals surface area contributed by atoms with E-state index in [1.54, 1.807) is 19.1 Å². The van der Waals surface area contributed by atoms with Gasteiger partial charge in [0.25, 0.3) is 5.69 Å². The molecule has 0 heterocycles. The van der Waals surface area contributed by atoms with E-state index in [2.05, 4.69) is 31.1 Å². The van der Waals surface area contributed by atoms with Gasteiger partial charge in [-0.25, -0.2) is 0 Å². The van der Waals surface area contributed by atoms with Gasteiger partial charge in [0.2, 0.25) is 0 Å². The Bertz CT molecular complexity index is 419. The highest BCUT2D eigenvalue weighted by Crippen LogP contribution is 2.21. The van der Waals surface area contributed by atoms with Crippen LogP contribution in [-0.2, 0) is 0 Å². The molecule has 0 aliphatic carbocycles. The minimum atomic E-state index is -0.346. The zero-order chi connectivity index (χ0) is 13.7. The van der Waals surface area contributed by atoms with Crippen molar-refractivity contribution in [2.75, 3.05) is 25.5 Å². The summed E-state index contributed by atoms with van der Waals surface area (Å²) in [6.45, 7) is 7.69. The third kappa shape index (κ3) is 4.00. The number of nitrogens with one attached hydrogen (secondary N) is 1. The van der Waals surface area contributed by atoms with E-state index in [0.29, 0.717) is 11.6 Å². The fourth-order valence-corrected chi connectivity index (χ4v) is 1.55. The summed E-state index contributed by atoms with van der Waals surface area (Å²) in [5.74, 6) is 0. The standard InChI is InChI=1S/C13H21N3O2/c1-10(2)15(4)8-7-14-12-6-5-11(3)13(9-12)16(17)18/h5-6,9-10,14H,7-8H2,1-4H3. The van der Waals surface area contributed by atoms with Gasteiger partial charge in [0.15, 0.2) is 0 Å². The molecule has 1 N–H and O–H groups in total. The van der Waals surface area contributed by atoms with E-state index in [-0.39, 0.29) is 10.6 Å². The SMILES string of the molecule is Cc1ccc(NCCN(C)C(C)C)cc1[N+](=O)[O-]. The molecule has 0 bridgehead atoms. The molecule has 0 saturated heterocycles. The van der Waals surface area contributed by atoms with Crippen LogP contribution in [0.15, 0.2) is 18.2 Å². The predicted molar refractivity (Wildman–Crippen MR) is 74.1 cm³/mol. The maximum Gasteiger partial charge on any atom is 0.274 e. The number of benzene rings is 1. The number of nitro groups is 1. The van der Waals surface area contributed by atoms with Crippen molar-refractivity contribution in [1.82, 2.24) is 4.90 Å². The molecule has 0 saturated carbocycles. The van der Waals surface area contributed by atoms with E-state index in [1.807, 2.05) is 6.07 Å². The van der Waals surface area contributed by atoms with Gasteiger partial charge in [0.1, 0.15) is 0 Å². The second kappa shape index (κ2) is 6.35. The summed E-state index contributed by atoms with van der Waals surface area (Å²) >= 11 is 0. The minimum absolute atomic E-state index is 0.164. The Morgan fingerprint density at radius 1 is 1.44 bits per heavy atom. The molecule has 0 unspecified atom stereocenters. The zero-order valence-corrected chi connectivity index (χ0v) is 11.4. The van der Waals surface area contributed by atoms with Crippen molar-refractivity contribution in [3.05, 3.63) is 33.9 Å². The molecule has 0 aliphatic rings. The van der Waals surface area contributed by atoms with Crippen LogP contribution in [-0.4, -0.2) is 36.0 Å². The van der Waals surface area contributed by atoms with Gasteiger partial charge in [-0.15, -0.1) is 0 Å². The molecule has 1 rings (SSSR count). The van der Waals surface area contributed by atoms with Crippen molar-refractivity contribution in [2.24, 2.45) is 0 Å². The van der Waals surface area contributed by atoms with Gasteiger partial charge in [-0.2, -0.15) is 0 Å². The Morgan fingerprint density at radius 2 is 2.11 bits per heavy atom. The number of nitrogens with zero attached hydrogens (tertiary/aromatic N) is 2. The third-order valence-electron chi connectivity index (χ3n) is 3.08. The summed E-state index contributed by atoms with van der Waals surface area (Å²) in [7, 11) is 2.06. The van der Waals surface area contributed by atoms with Gasteiger partial charge >= 0.3 is 0 Å². The number of aryl methyl sites for hydroxylation is 1. The third-order valence-corrected chi connectivity index (χ3v) is 3.08. The first-order chi connectivity index (χ1) is 8.41. The second-order valence-electron chi connectivity index (χ2n) is 4.76. The lowest BCUT2D eigenvalue weighted by Crippen LogP contribution is -2.31. The molecule has 0 fully saturated rings. The number of anilines is 1. The molecule has 5 heteroatoms. The quantitative estimate of drug-likeness (QED) is 0.623. The topological polar surface area (TPSA) is 58.4 Å². The van der Waals surface area contributed by atoms with Crippen LogP contribution >= 0.6 is 0 Å². The summed E-state index contributed by atoms with van der Waals surface area (Å²) in [5, 5.41) is 14.0. The normalized spacial score (nSPS) is 11.0. The lowest BCUT2D eigenvalue weighted by molar-refractivity contribution is -0.385. The lowest BCUT2D eigenvalue weighted by Gasteiger charge is -2.21. The Kier molecular flexibility index (Phi) is 5.09. The zero-order valence-electron chi connectivity index (χ0n) is 11.4. The van der Waals surface area contributed by atoms with Crippen LogP contribution in [0.5, 0.6) is 0 Å². The molecule has 1 aromatic rings. The summed E-state index contributed by atoms with van der Waals surface area (Å²) in [6, 6.07) is 5.73. The van der Waals surface area contributed by atoms with Crippen molar-refractivity contribution >= 4 is 11.4 Å². The highest BCUT2D eigenvalue weighted by atomic mass is 16.6. The van der Waals surface area contributed by atoms with E-state index in [1.165, 1.54) is 0 Å². The largest absolute Gasteiger partial charge is 0.384 e. The second-order valence-corrected chi connectivity index (χ2v) is 4.76. The first-order valence-electron chi connectivity index (χ1n) is 6.11. The van der Waals surface area contributed by atoms with Gasteiger partial charge < -0.3 is 10.2 Å².